The number of aromatic amines is 1. The van der Waals surface area contributed by atoms with Gasteiger partial charge in [-0.05, 0) is 24.3 Å². The Hall–Kier alpha value is -1.48. The van der Waals surface area contributed by atoms with Gasteiger partial charge >= 0.3 is 0 Å². The SMILES string of the molecule is Fc1ccccc1-c1cc(=S)cc[nH]1. The predicted octanol–water partition coefficient (Wildman–Crippen LogP) is 3.55. The van der Waals surface area contributed by atoms with Crippen LogP contribution in [0, 0.1) is 10.3 Å². The van der Waals surface area contributed by atoms with Gasteiger partial charge in [0.05, 0.1) is 0 Å². The first-order valence-corrected chi connectivity index (χ1v) is 4.62. The minimum Gasteiger partial charge on any atom is -0.361 e. The van der Waals surface area contributed by atoms with Crippen molar-refractivity contribution >= 4 is 12.2 Å². The minimum absolute atomic E-state index is 0.246. The second kappa shape index (κ2) is 3.72. The summed E-state index contributed by atoms with van der Waals surface area (Å²) in [5.74, 6) is -0.246. The Labute approximate surface area is 86.2 Å². The maximum absolute atomic E-state index is 13.4. The van der Waals surface area contributed by atoms with Crippen LogP contribution in [0.1, 0.15) is 0 Å². The Morgan fingerprint density at radius 1 is 1.14 bits per heavy atom. The lowest BCUT2D eigenvalue weighted by Gasteiger charge is -2.02. The third-order valence-electron chi connectivity index (χ3n) is 1.94. The molecule has 1 aromatic heterocycles. The summed E-state index contributed by atoms with van der Waals surface area (Å²) in [4.78, 5) is 2.96. The number of benzene rings is 1. The van der Waals surface area contributed by atoms with E-state index < -0.39 is 0 Å². The van der Waals surface area contributed by atoms with Crippen molar-refractivity contribution in [2.75, 3.05) is 0 Å². The predicted molar refractivity (Wildman–Crippen MR) is 57.0 cm³/mol. The Kier molecular flexibility index (Phi) is 2.41. The van der Waals surface area contributed by atoms with Gasteiger partial charge in [-0.25, -0.2) is 4.39 Å². The van der Waals surface area contributed by atoms with Crippen LogP contribution in [-0.2, 0) is 0 Å². The molecule has 70 valence electrons. The van der Waals surface area contributed by atoms with Gasteiger partial charge in [-0.1, -0.05) is 24.4 Å². The molecule has 0 unspecified atom stereocenters. The molecule has 3 heteroatoms. The minimum atomic E-state index is -0.246. The van der Waals surface area contributed by atoms with Crippen LogP contribution >= 0.6 is 12.2 Å². The highest BCUT2D eigenvalue weighted by atomic mass is 32.1. The molecular weight excluding hydrogens is 197 g/mol. The van der Waals surface area contributed by atoms with Crippen LogP contribution in [0.15, 0.2) is 42.6 Å². The molecule has 1 heterocycles. The third-order valence-corrected chi connectivity index (χ3v) is 2.19. The third kappa shape index (κ3) is 1.72. The summed E-state index contributed by atoms with van der Waals surface area (Å²) >= 11 is 5.00. The Morgan fingerprint density at radius 2 is 1.93 bits per heavy atom. The molecule has 1 nitrogen and oxygen atoms in total. The van der Waals surface area contributed by atoms with E-state index in [1.165, 1.54) is 6.07 Å². The highest BCUT2D eigenvalue weighted by Crippen LogP contribution is 2.19. The van der Waals surface area contributed by atoms with Crippen LogP contribution in [-0.4, -0.2) is 4.98 Å². The molecule has 0 radical (unpaired) electrons. The summed E-state index contributed by atoms with van der Waals surface area (Å²) in [5, 5.41) is 0. The van der Waals surface area contributed by atoms with Crippen molar-refractivity contribution in [2.45, 2.75) is 0 Å². The first-order valence-electron chi connectivity index (χ1n) is 4.21. The zero-order valence-corrected chi connectivity index (χ0v) is 8.14. The van der Waals surface area contributed by atoms with Crippen molar-refractivity contribution in [2.24, 2.45) is 0 Å². The fraction of sp³-hybridized carbons (Fsp3) is 0. The van der Waals surface area contributed by atoms with E-state index in [2.05, 4.69) is 4.98 Å². The van der Waals surface area contributed by atoms with Crippen molar-refractivity contribution in [3.63, 3.8) is 0 Å². The number of rotatable bonds is 1. The van der Waals surface area contributed by atoms with Gasteiger partial charge in [0.15, 0.2) is 0 Å². The Morgan fingerprint density at radius 3 is 2.64 bits per heavy atom. The maximum atomic E-state index is 13.4. The second-order valence-corrected chi connectivity index (χ2v) is 3.39. The van der Waals surface area contributed by atoms with Crippen LogP contribution in [0.2, 0.25) is 0 Å². The number of pyridine rings is 1. The van der Waals surface area contributed by atoms with Crippen molar-refractivity contribution < 1.29 is 4.39 Å². The molecule has 2 rings (SSSR count). The lowest BCUT2D eigenvalue weighted by Crippen LogP contribution is -1.86. The van der Waals surface area contributed by atoms with Crippen LogP contribution in [0.4, 0.5) is 4.39 Å². The average molecular weight is 205 g/mol. The van der Waals surface area contributed by atoms with Crippen LogP contribution in [0.5, 0.6) is 0 Å². The lowest BCUT2D eigenvalue weighted by atomic mass is 10.1. The second-order valence-electron chi connectivity index (χ2n) is 2.92. The first kappa shape index (κ1) is 9.09. The fourth-order valence-corrected chi connectivity index (χ4v) is 1.47. The van der Waals surface area contributed by atoms with E-state index in [1.807, 2.05) is 0 Å². The van der Waals surface area contributed by atoms with Crippen molar-refractivity contribution in [3.05, 3.63) is 52.9 Å². The van der Waals surface area contributed by atoms with Gasteiger partial charge in [0.2, 0.25) is 0 Å². The van der Waals surface area contributed by atoms with Crippen molar-refractivity contribution in [1.29, 1.82) is 0 Å². The normalized spacial score (nSPS) is 10.1. The van der Waals surface area contributed by atoms with Crippen LogP contribution < -0.4 is 0 Å². The van der Waals surface area contributed by atoms with E-state index in [0.717, 1.165) is 0 Å². The highest BCUT2D eigenvalue weighted by molar-refractivity contribution is 7.71. The molecule has 0 aliphatic carbocycles. The molecule has 0 aliphatic heterocycles. The van der Waals surface area contributed by atoms with Crippen LogP contribution in [0.3, 0.4) is 0 Å². The van der Waals surface area contributed by atoms with Gasteiger partial charge in [0.1, 0.15) is 5.82 Å². The molecule has 0 saturated carbocycles. The van der Waals surface area contributed by atoms with Gasteiger partial charge in [-0.15, -0.1) is 0 Å². The molecule has 0 saturated heterocycles. The van der Waals surface area contributed by atoms with Gasteiger partial charge in [0.25, 0.3) is 0 Å². The van der Waals surface area contributed by atoms with E-state index in [4.69, 9.17) is 12.2 Å². The summed E-state index contributed by atoms with van der Waals surface area (Å²) in [6.45, 7) is 0. The molecule has 2 aromatic rings. The number of halogens is 1. The zero-order chi connectivity index (χ0) is 9.97. The number of nitrogens with one attached hydrogen (secondary N) is 1. The molecule has 0 fully saturated rings. The molecule has 0 atom stereocenters. The van der Waals surface area contributed by atoms with Crippen molar-refractivity contribution in [3.8, 4) is 11.3 Å². The highest BCUT2D eigenvalue weighted by Gasteiger charge is 2.02. The van der Waals surface area contributed by atoms with Crippen molar-refractivity contribution in [1.82, 2.24) is 4.98 Å². The zero-order valence-electron chi connectivity index (χ0n) is 7.33. The van der Waals surface area contributed by atoms with E-state index in [9.17, 15) is 4.39 Å². The fourth-order valence-electron chi connectivity index (χ4n) is 1.28. The van der Waals surface area contributed by atoms with Gasteiger partial charge in [-0.3, -0.25) is 0 Å². The molecule has 1 aromatic carbocycles. The number of hydrogen-bond donors (Lipinski definition) is 1. The van der Waals surface area contributed by atoms with Gasteiger partial charge in [0, 0.05) is 22.0 Å². The molecule has 0 spiro atoms. The quantitative estimate of drug-likeness (QED) is 0.704. The van der Waals surface area contributed by atoms with Gasteiger partial charge < -0.3 is 4.98 Å². The molecule has 0 bridgehead atoms. The largest absolute Gasteiger partial charge is 0.361 e. The number of hydrogen-bond acceptors (Lipinski definition) is 1. The molecule has 0 amide bonds. The summed E-state index contributed by atoms with van der Waals surface area (Å²) in [7, 11) is 0. The van der Waals surface area contributed by atoms with Gasteiger partial charge in [-0.2, -0.15) is 0 Å². The molecule has 0 aliphatic rings. The summed E-state index contributed by atoms with van der Waals surface area (Å²) < 4.78 is 14.0. The topological polar surface area (TPSA) is 15.8 Å². The van der Waals surface area contributed by atoms with E-state index in [1.54, 1.807) is 36.5 Å². The maximum Gasteiger partial charge on any atom is 0.132 e. The smallest absolute Gasteiger partial charge is 0.132 e. The van der Waals surface area contributed by atoms with E-state index >= 15 is 0 Å². The molecular formula is C11H8FNS. The van der Waals surface area contributed by atoms with E-state index in [-0.39, 0.29) is 5.82 Å². The average Bonchev–Trinajstić information content (AvgIpc) is 2.18. The summed E-state index contributed by atoms with van der Waals surface area (Å²) in [5.41, 5.74) is 1.25. The molecule has 14 heavy (non-hydrogen) atoms. The van der Waals surface area contributed by atoms with Crippen LogP contribution in [0.25, 0.3) is 11.3 Å². The number of aromatic nitrogens is 1. The Balaban J connectivity index is 2.61. The number of H-pyrrole nitrogens is 1. The lowest BCUT2D eigenvalue weighted by molar-refractivity contribution is 0.630. The Bertz CT molecular complexity index is 504. The summed E-state index contributed by atoms with van der Waals surface area (Å²) in [6.07, 6.45) is 1.71. The van der Waals surface area contributed by atoms with E-state index in [0.29, 0.717) is 15.8 Å². The molecule has 1 N–H and O–H groups in total. The standard InChI is InChI=1S/C11H8FNS/c12-10-4-2-1-3-9(10)11-7-8(14)5-6-13-11/h1-7H,(H,13,14). The monoisotopic (exact) mass is 205 g/mol. The summed E-state index contributed by atoms with van der Waals surface area (Å²) in [6, 6.07) is 10.1. The first-order chi connectivity index (χ1) is 6.77.